The smallest absolute Gasteiger partial charge is 0.305 e. The zero-order chi connectivity index (χ0) is 13.8. The average molecular weight is 256 g/mol. The minimum Gasteiger partial charge on any atom is -0.481 e. The molecule has 0 aromatic rings. The highest BCUT2D eigenvalue weighted by atomic mass is 16.6. The lowest BCUT2D eigenvalue weighted by molar-refractivity contribution is -0.139. The first-order valence-electron chi connectivity index (χ1n) is 5.14. The molecule has 0 radical (unpaired) electrons. The molecule has 1 atom stereocenters. The molecule has 0 aliphatic heterocycles. The molecule has 100 valence electrons. The number of carboxylic acids is 1. The highest BCUT2D eigenvalue weighted by molar-refractivity contribution is 5.92. The lowest BCUT2D eigenvalue weighted by Gasteiger charge is -2.02. The maximum atomic E-state index is 11.1. The second-order valence-electron chi connectivity index (χ2n) is 3.19. The second-order valence-corrected chi connectivity index (χ2v) is 3.19. The lowest BCUT2D eigenvalue weighted by atomic mass is 10.2. The van der Waals surface area contributed by atoms with E-state index in [1.807, 2.05) is 0 Å². The summed E-state index contributed by atoms with van der Waals surface area (Å²) in [5, 5.41) is 23.4. The second kappa shape index (κ2) is 10.0. The molecule has 0 aromatic carbocycles. The van der Waals surface area contributed by atoms with Crippen LogP contribution in [0.2, 0.25) is 0 Å². The van der Waals surface area contributed by atoms with E-state index < -0.39 is 12.1 Å². The predicted molar refractivity (Wildman–Crippen MR) is 64.8 cm³/mol. The van der Waals surface area contributed by atoms with Gasteiger partial charge < -0.3 is 20.4 Å². The number of carbonyl (C=O) groups excluding carboxylic acids is 1. The number of amides is 1. The zero-order valence-electron chi connectivity index (χ0n) is 9.94. The number of aliphatic hydroxyl groups excluding tert-OH is 1. The fraction of sp³-hybridized carbons (Fsp3) is 0.364. The van der Waals surface area contributed by atoms with Crippen LogP contribution in [0.1, 0.15) is 12.8 Å². The van der Waals surface area contributed by atoms with Crippen LogP contribution in [0.25, 0.3) is 0 Å². The molecule has 0 aliphatic rings. The Labute approximate surface area is 104 Å². The Bertz CT molecular complexity index is 349. The monoisotopic (exact) mass is 256 g/mol. The SMILES string of the molecule is CO/N=C/C=C/C(=O)N/C=C/C[C@H](O)CC(=O)O. The lowest BCUT2D eigenvalue weighted by Crippen LogP contribution is -2.15. The van der Waals surface area contributed by atoms with Crippen LogP contribution in [0.5, 0.6) is 0 Å². The van der Waals surface area contributed by atoms with Crippen molar-refractivity contribution in [3.05, 3.63) is 24.4 Å². The van der Waals surface area contributed by atoms with Gasteiger partial charge in [-0.15, -0.1) is 0 Å². The molecule has 0 spiro atoms. The average Bonchev–Trinajstić information content (AvgIpc) is 2.29. The Balaban J connectivity index is 3.81. The van der Waals surface area contributed by atoms with Crippen LogP contribution in [0.15, 0.2) is 29.6 Å². The minimum atomic E-state index is -1.07. The summed E-state index contributed by atoms with van der Waals surface area (Å²) < 4.78 is 0. The third kappa shape index (κ3) is 10.4. The topological polar surface area (TPSA) is 108 Å². The molecular formula is C11H16N2O5. The van der Waals surface area contributed by atoms with Crippen molar-refractivity contribution in [2.24, 2.45) is 5.16 Å². The van der Waals surface area contributed by atoms with E-state index >= 15 is 0 Å². The fourth-order valence-corrected chi connectivity index (χ4v) is 0.926. The number of aliphatic hydroxyl groups is 1. The zero-order valence-corrected chi connectivity index (χ0v) is 9.94. The van der Waals surface area contributed by atoms with Crippen molar-refractivity contribution < 1.29 is 24.6 Å². The Morgan fingerprint density at radius 3 is 2.83 bits per heavy atom. The molecule has 0 fully saturated rings. The predicted octanol–water partition coefficient (Wildman–Crippen LogP) is 0.0304. The van der Waals surface area contributed by atoms with Crippen LogP contribution in [0.4, 0.5) is 0 Å². The summed E-state index contributed by atoms with van der Waals surface area (Å²) in [6.07, 6.45) is 5.62. The van der Waals surface area contributed by atoms with Crippen LogP contribution in [0, 0.1) is 0 Å². The summed E-state index contributed by atoms with van der Waals surface area (Å²) in [7, 11) is 1.38. The van der Waals surface area contributed by atoms with Gasteiger partial charge in [0.05, 0.1) is 18.7 Å². The van der Waals surface area contributed by atoms with E-state index in [0.717, 1.165) is 0 Å². The number of hydrogen-bond donors (Lipinski definition) is 3. The van der Waals surface area contributed by atoms with E-state index in [2.05, 4.69) is 15.3 Å². The van der Waals surface area contributed by atoms with Crippen molar-refractivity contribution in [3.8, 4) is 0 Å². The van der Waals surface area contributed by atoms with Gasteiger partial charge in [0.15, 0.2) is 0 Å². The van der Waals surface area contributed by atoms with Gasteiger partial charge in [0.1, 0.15) is 7.11 Å². The summed E-state index contributed by atoms with van der Waals surface area (Å²) in [5.74, 6) is -1.44. The molecule has 0 rings (SSSR count). The molecule has 0 heterocycles. The first kappa shape index (κ1) is 15.9. The Kier molecular flexibility index (Phi) is 8.83. The highest BCUT2D eigenvalue weighted by Gasteiger charge is 2.06. The fourth-order valence-electron chi connectivity index (χ4n) is 0.926. The number of carboxylic acid groups (broad SMARTS) is 1. The molecule has 0 unspecified atom stereocenters. The molecule has 18 heavy (non-hydrogen) atoms. The van der Waals surface area contributed by atoms with Gasteiger partial charge in [-0.05, 0) is 12.5 Å². The highest BCUT2D eigenvalue weighted by Crippen LogP contribution is 1.98. The first-order valence-corrected chi connectivity index (χ1v) is 5.14. The van der Waals surface area contributed by atoms with Crippen LogP contribution >= 0.6 is 0 Å². The van der Waals surface area contributed by atoms with E-state index in [1.54, 1.807) is 0 Å². The normalized spacial score (nSPS) is 13.2. The third-order valence-electron chi connectivity index (χ3n) is 1.66. The van der Waals surface area contributed by atoms with Crippen molar-refractivity contribution in [3.63, 3.8) is 0 Å². The molecule has 0 aromatic heterocycles. The van der Waals surface area contributed by atoms with E-state index in [0.29, 0.717) is 0 Å². The van der Waals surface area contributed by atoms with Crippen molar-refractivity contribution in [2.45, 2.75) is 18.9 Å². The van der Waals surface area contributed by atoms with Crippen molar-refractivity contribution in [1.82, 2.24) is 5.32 Å². The number of hydrogen-bond acceptors (Lipinski definition) is 5. The first-order chi connectivity index (χ1) is 8.56. The molecular weight excluding hydrogens is 240 g/mol. The number of nitrogens with zero attached hydrogens (tertiary/aromatic N) is 1. The number of rotatable bonds is 8. The van der Waals surface area contributed by atoms with Gasteiger partial charge in [-0.1, -0.05) is 11.2 Å². The molecule has 0 saturated heterocycles. The third-order valence-corrected chi connectivity index (χ3v) is 1.66. The Hall–Kier alpha value is -2.15. The van der Waals surface area contributed by atoms with Crippen molar-refractivity contribution in [1.29, 1.82) is 0 Å². The van der Waals surface area contributed by atoms with Crippen LogP contribution < -0.4 is 5.32 Å². The summed E-state index contributed by atoms with van der Waals surface area (Å²) in [5.41, 5.74) is 0. The summed E-state index contributed by atoms with van der Waals surface area (Å²) in [6.45, 7) is 0. The van der Waals surface area contributed by atoms with Crippen LogP contribution in [0.3, 0.4) is 0 Å². The molecule has 0 saturated carbocycles. The Morgan fingerprint density at radius 1 is 1.50 bits per heavy atom. The van der Waals surface area contributed by atoms with Gasteiger partial charge in [-0.3, -0.25) is 9.59 Å². The molecule has 1 amide bonds. The number of oxime groups is 1. The van der Waals surface area contributed by atoms with Gasteiger partial charge in [0.25, 0.3) is 0 Å². The van der Waals surface area contributed by atoms with Crippen LogP contribution in [-0.2, 0) is 14.4 Å². The standard InChI is InChI=1S/C11H16N2O5/c1-18-13-7-3-5-10(15)12-6-2-4-9(14)8-11(16)17/h2-3,5-7,9,14H,4,8H2,1H3,(H,12,15)(H,16,17)/b5-3+,6-2+,13-7+/t9-/m0/s1. The number of aliphatic carboxylic acids is 1. The van der Waals surface area contributed by atoms with Gasteiger partial charge in [0.2, 0.25) is 5.91 Å². The molecule has 0 aliphatic carbocycles. The van der Waals surface area contributed by atoms with Gasteiger partial charge in [-0.2, -0.15) is 0 Å². The summed E-state index contributed by atoms with van der Waals surface area (Å²) in [4.78, 5) is 25.7. The quantitative estimate of drug-likeness (QED) is 0.322. The van der Waals surface area contributed by atoms with Gasteiger partial charge in [0, 0.05) is 12.3 Å². The van der Waals surface area contributed by atoms with E-state index in [-0.39, 0.29) is 18.7 Å². The summed E-state index contributed by atoms with van der Waals surface area (Å²) >= 11 is 0. The van der Waals surface area contributed by atoms with Crippen LogP contribution in [-0.4, -0.2) is 41.5 Å². The maximum absolute atomic E-state index is 11.1. The molecule has 7 nitrogen and oxygen atoms in total. The number of carbonyl (C=O) groups is 2. The molecule has 0 bridgehead atoms. The number of nitrogens with one attached hydrogen (secondary N) is 1. The summed E-state index contributed by atoms with van der Waals surface area (Å²) in [6, 6.07) is 0. The van der Waals surface area contributed by atoms with Gasteiger partial charge in [-0.25, -0.2) is 0 Å². The Morgan fingerprint density at radius 2 is 2.22 bits per heavy atom. The molecule has 7 heteroatoms. The van der Waals surface area contributed by atoms with Gasteiger partial charge >= 0.3 is 5.97 Å². The largest absolute Gasteiger partial charge is 0.481 e. The molecule has 3 N–H and O–H groups in total. The minimum absolute atomic E-state index is 0.154. The number of allylic oxidation sites excluding steroid dienone is 1. The maximum Gasteiger partial charge on any atom is 0.305 e. The van der Waals surface area contributed by atoms with E-state index in [4.69, 9.17) is 5.11 Å². The van der Waals surface area contributed by atoms with E-state index in [1.165, 1.54) is 37.8 Å². The van der Waals surface area contributed by atoms with Crippen molar-refractivity contribution >= 4 is 18.1 Å². The van der Waals surface area contributed by atoms with Crippen molar-refractivity contribution in [2.75, 3.05) is 7.11 Å². The van der Waals surface area contributed by atoms with E-state index in [9.17, 15) is 14.7 Å².